The van der Waals surface area contributed by atoms with Crippen molar-refractivity contribution in [2.75, 3.05) is 22.4 Å². The van der Waals surface area contributed by atoms with E-state index in [9.17, 15) is 13.2 Å². The van der Waals surface area contributed by atoms with Crippen LogP contribution in [0.15, 0.2) is 48.5 Å². The predicted molar refractivity (Wildman–Crippen MR) is 107 cm³/mol. The van der Waals surface area contributed by atoms with Gasteiger partial charge >= 0.3 is 0 Å². The Morgan fingerprint density at radius 2 is 1.64 bits per heavy atom. The Hall–Kier alpha value is -1.81. The fourth-order valence-electron chi connectivity index (χ4n) is 2.00. The van der Waals surface area contributed by atoms with Crippen molar-refractivity contribution in [1.29, 1.82) is 0 Å². The maximum atomic E-state index is 11.9. The van der Waals surface area contributed by atoms with Crippen LogP contribution in [0.5, 0.6) is 5.75 Å². The fraction of sp³-hybridized carbons (Fsp3) is 0.235. The zero-order valence-corrected chi connectivity index (χ0v) is 16.6. The summed E-state index contributed by atoms with van der Waals surface area (Å²) in [6.45, 7) is 1.70. The average molecular weight is 474 g/mol. The van der Waals surface area contributed by atoms with Crippen molar-refractivity contribution < 1.29 is 17.9 Å². The summed E-state index contributed by atoms with van der Waals surface area (Å²) in [6, 6.07) is 13.8. The lowest BCUT2D eigenvalue weighted by Crippen LogP contribution is -2.20. The molecule has 0 aliphatic heterocycles. The third-order valence-electron chi connectivity index (χ3n) is 3.10. The number of rotatable bonds is 8. The summed E-state index contributed by atoms with van der Waals surface area (Å²) in [4.78, 5) is 11.9. The Balaban J connectivity index is 1.85. The molecule has 0 saturated heterocycles. The second-order valence-corrected chi connectivity index (χ2v) is 8.38. The monoisotopic (exact) mass is 474 g/mol. The topological polar surface area (TPSA) is 84.5 Å². The van der Waals surface area contributed by atoms with Crippen molar-refractivity contribution in [3.63, 3.8) is 0 Å². The van der Waals surface area contributed by atoms with Gasteiger partial charge in [0.05, 0.1) is 5.75 Å². The molecule has 0 unspecified atom stereocenters. The van der Waals surface area contributed by atoms with Crippen molar-refractivity contribution >= 4 is 49.9 Å². The number of ether oxygens (including phenoxy) is 1. The third kappa shape index (κ3) is 6.91. The molecule has 2 N–H and O–H groups in total. The van der Waals surface area contributed by atoms with Gasteiger partial charge in [-0.05, 0) is 77.5 Å². The quantitative estimate of drug-likeness (QED) is 0.575. The minimum absolute atomic E-state index is 0.0708. The van der Waals surface area contributed by atoms with Crippen molar-refractivity contribution in [2.45, 2.75) is 13.3 Å². The summed E-state index contributed by atoms with van der Waals surface area (Å²) >= 11 is 2.19. The van der Waals surface area contributed by atoms with Gasteiger partial charge in [-0.1, -0.05) is 6.92 Å². The standard InChI is InChI=1S/C17H19IN2O4S/c1-2-11-25(22,23)20-15-7-5-14(6-8-15)19-17(21)12-24-16-9-3-13(18)4-10-16/h3-10,20H,2,11-12H2,1H3,(H,19,21). The summed E-state index contributed by atoms with van der Waals surface area (Å²) in [5.41, 5.74) is 1.02. The van der Waals surface area contributed by atoms with Crippen LogP contribution in [0.3, 0.4) is 0 Å². The molecule has 0 radical (unpaired) electrons. The Labute approximate surface area is 161 Å². The van der Waals surface area contributed by atoms with Gasteiger partial charge in [-0.3, -0.25) is 9.52 Å². The Bertz CT molecular complexity index is 806. The molecule has 2 aromatic rings. The lowest BCUT2D eigenvalue weighted by Gasteiger charge is -2.10. The van der Waals surface area contributed by atoms with Crippen LogP contribution in [-0.4, -0.2) is 26.7 Å². The van der Waals surface area contributed by atoms with Gasteiger partial charge in [-0.25, -0.2) is 8.42 Å². The first-order valence-electron chi connectivity index (χ1n) is 7.67. The highest BCUT2D eigenvalue weighted by atomic mass is 127. The van der Waals surface area contributed by atoms with E-state index in [0.29, 0.717) is 23.5 Å². The van der Waals surface area contributed by atoms with Crippen LogP contribution in [-0.2, 0) is 14.8 Å². The number of sulfonamides is 1. The van der Waals surface area contributed by atoms with E-state index < -0.39 is 10.0 Å². The molecule has 25 heavy (non-hydrogen) atoms. The molecule has 8 heteroatoms. The summed E-state index contributed by atoms with van der Waals surface area (Å²) in [7, 11) is -3.32. The van der Waals surface area contributed by atoms with Crippen LogP contribution in [0.4, 0.5) is 11.4 Å². The number of benzene rings is 2. The van der Waals surface area contributed by atoms with Gasteiger partial charge in [-0.2, -0.15) is 0 Å². The minimum Gasteiger partial charge on any atom is -0.484 e. The lowest BCUT2D eigenvalue weighted by atomic mass is 10.3. The highest BCUT2D eigenvalue weighted by Crippen LogP contribution is 2.16. The number of amides is 1. The normalized spacial score (nSPS) is 11.0. The smallest absolute Gasteiger partial charge is 0.262 e. The maximum Gasteiger partial charge on any atom is 0.262 e. The number of hydrogen-bond donors (Lipinski definition) is 2. The first kappa shape index (κ1) is 19.5. The van der Waals surface area contributed by atoms with Gasteiger partial charge in [-0.15, -0.1) is 0 Å². The molecule has 0 spiro atoms. The molecule has 0 atom stereocenters. The highest BCUT2D eigenvalue weighted by molar-refractivity contribution is 14.1. The van der Waals surface area contributed by atoms with Crippen LogP contribution >= 0.6 is 22.6 Å². The molecule has 6 nitrogen and oxygen atoms in total. The molecule has 2 rings (SSSR count). The van der Waals surface area contributed by atoms with Gasteiger partial charge in [0.15, 0.2) is 6.61 Å². The minimum atomic E-state index is -3.32. The molecule has 1 amide bonds. The molecule has 0 bridgehead atoms. The van der Waals surface area contributed by atoms with E-state index in [1.54, 1.807) is 43.3 Å². The first-order valence-corrected chi connectivity index (χ1v) is 10.4. The molecule has 0 heterocycles. The zero-order chi connectivity index (χ0) is 18.3. The van der Waals surface area contributed by atoms with Gasteiger partial charge in [0.2, 0.25) is 10.0 Å². The summed E-state index contributed by atoms with van der Waals surface area (Å²) < 4.78 is 32.4. The molecule has 2 aromatic carbocycles. The molecular formula is C17H19IN2O4S. The zero-order valence-electron chi connectivity index (χ0n) is 13.7. The van der Waals surface area contributed by atoms with Crippen LogP contribution in [0.25, 0.3) is 0 Å². The molecule has 0 saturated carbocycles. The lowest BCUT2D eigenvalue weighted by molar-refractivity contribution is -0.118. The van der Waals surface area contributed by atoms with E-state index >= 15 is 0 Å². The van der Waals surface area contributed by atoms with Crippen molar-refractivity contribution in [3.8, 4) is 5.75 Å². The summed E-state index contributed by atoms with van der Waals surface area (Å²) in [5, 5.41) is 2.70. The fourth-order valence-corrected chi connectivity index (χ4v) is 3.49. The second kappa shape index (κ2) is 9.04. The molecule has 134 valence electrons. The van der Waals surface area contributed by atoms with Crippen LogP contribution in [0, 0.1) is 3.57 Å². The number of hydrogen-bond acceptors (Lipinski definition) is 4. The first-order chi connectivity index (χ1) is 11.9. The number of nitrogens with one attached hydrogen (secondary N) is 2. The number of carbonyl (C=O) groups excluding carboxylic acids is 1. The molecule has 0 aliphatic carbocycles. The van der Waals surface area contributed by atoms with Gasteiger partial charge in [0.1, 0.15) is 5.75 Å². The van der Waals surface area contributed by atoms with Gasteiger partial charge in [0, 0.05) is 14.9 Å². The summed E-state index contributed by atoms with van der Waals surface area (Å²) in [6.07, 6.45) is 0.546. The Morgan fingerprint density at radius 3 is 2.24 bits per heavy atom. The van der Waals surface area contributed by atoms with Crippen LogP contribution in [0.2, 0.25) is 0 Å². The molecule has 0 aromatic heterocycles. The number of halogens is 1. The highest BCUT2D eigenvalue weighted by Gasteiger charge is 2.09. The van der Waals surface area contributed by atoms with Crippen LogP contribution in [0.1, 0.15) is 13.3 Å². The Kier molecular flexibility index (Phi) is 7.06. The maximum absolute atomic E-state index is 11.9. The summed E-state index contributed by atoms with van der Waals surface area (Å²) in [5.74, 6) is 0.399. The molecule has 0 fully saturated rings. The Morgan fingerprint density at radius 1 is 1.04 bits per heavy atom. The van der Waals surface area contributed by atoms with Gasteiger partial charge in [0.25, 0.3) is 5.91 Å². The largest absolute Gasteiger partial charge is 0.484 e. The van der Waals surface area contributed by atoms with Crippen LogP contribution < -0.4 is 14.8 Å². The van der Waals surface area contributed by atoms with Gasteiger partial charge < -0.3 is 10.1 Å². The number of anilines is 2. The molecular weight excluding hydrogens is 455 g/mol. The van der Waals surface area contributed by atoms with E-state index in [4.69, 9.17) is 4.74 Å². The van der Waals surface area contributed by atoms with Crippen molar-refractivity contribution in [3.05, 3.63) is 52.1 Å². The van der Waals surface area contributed by atoms with E-state index in [2.05, 4.69) is 32.6 Å². The van der Waals surface area contributed by atoms with E-state index in [-0.39, 0.29) is 18.3 Å². The number of carbonyl (C=O) groups is 1. The average Bonchev–Trinajstić information content (AvgIpc) is 2.56. The van der Waals surface area contributed by atoms with Crippen molar-refractivity contribution in [1.82, 2.24) is 0 Å². The van der Waals surface area contributed by atoms with Crippen molar-refractivity contribution in [2.24, 2.45) is 0 Å². The van der Waals surface area contributed by atoms with E-state index in [1.165, 1.54) is 0 Å². The second-order valence-electron chi connectivity index (χ2n) is 5.29. The molecule has 0 aliphatic rings. The van der Waals surface area contributed by atoms with E-state index in [0.717, 1.165) is 3.57 Å². The SMILES string of the molecule is CCCS(=O)(=O)Nc1ccc(NC(=O)COc2ccc(I)cc2)cc1. The predicted octanol–water partition coefficient (Wildman–Crippen LogP) is 3.46. The third-order valence-corrected chi connectivity index (χ3v) is 5.31. The van der Waals surface area contributed by atoms with E-state index in [1.807, 2.05) is 12.1 Å².